The van der Waals surface area contributed by atoms with Gasteiger partial charge in [-0.05, 0) is 36.3 Å². The fourth-order valence-electron chi connectivity index (χ4n) is 3.44. The SMILES string of the molecule is Cc1ccc([C@@H](O)Cn2nnc(Cn3cnc4sc5c(c4c3=O)CCNC5=O)n2)s1. The molecule has 1 atom stereocenters. The van der Waals surface area contributed by atoms with E-state index in [9.17, 15) is 14.7 Å². The summed E-state index contributed by atoms with van der Waals surface area (Å²) in [6.07, 6.45) is 1.32. The summed E-state index contributed by atoms with van der Waals surface area (Å²) in [5.74, 6) is 0.184. The third-order valence-electron chi connectivity index (χ3n) is 4.88. The number of tetrazole rings is 1. The second-order valence-electron chi connectivity index (χ2n) is 7.00. The van der Waals surface area contributed by atoms with Gasteiger partial charge in [0.15, 0.2) is 5.82 Å². The van der Waals surface area contributed by atoms with Gasteiger partial charge >= 0.3 is 0 Å². The fourth-order valence-corrected chi connectivity index (χ4v) is 5.40. The molecule has 30 heavy (non-hydrogen) atoms. The molecule has 0 aromatic carbocycles. The number of aromatic nitrogens is 6. The van der Waals surface area contributed by atoms with E-state index in [0.29, 0.717) is 33.9 Å². The Kier molecular flexibility index (Phi) is 4.68. The van der Waals surface area contributed by atoms with Crippen LogP contribution in [0.1, 0.15) is 36.9 Å². The predicted octanol–water partition coefficient (Wildman–Crippen LogP) is 0.882. The molecule has 0 spiro atoms. The van der Waals surface area contributed by atoms with Crippen molar-refractivity contribution in [2.75, 3.05) is 6.54 Å². The van der Waals surface area contributed by atoms with Crippen LogP contribution in [0.2, 0.25) is 0 Å². The van der Waals surface area contributed by atoms with Crippen LogP contribution in [0.5, 0.6) is 0 Å². The van der Waals surface area contributed by atoms with Crippen LogP contribution in [0.4, 0.5) is 0 Å². The summed E-state index contributed by atoms with van der Waals surface area (Å²) in [5, 5.41) is 25.9. The van der Waals surface area contributed by atoms with E-state index in [2.05, 4.69) is 25.7 Å². The van der Waals surface area contributed by atoms with Gasteiger partial charge in [0.1, 0.15) is 10.9 Å². The minimum absolute atomic E-state index is 0.104. The highest BCUT2D eigenvalue weighted by Crippen LogP contribution is 2.29. The van der Waals surface area contributed by atoms with E-state index >= 15 is 0 Å². The van der Waals surface area contributed by atoms with E-state index in [0.717, 1.165) is 15.3 Å². The first-order chi connectivity index (χ1) is 14.5. The van der Waals surface area contributed by atoms with E-state index in [1.807, 2.05) is 19.1 Å². The zero-order valence-corrected chi connectivity index (χ0v) is 17.5. The smallest absolute Gasteiger partial charge is 0.262 e. The Morgan fingerprint density at radius 2 is 2.17 bits per heavy atom. The van der Waals surface area contributed by atoms with Crippen LogP contribution in [0.15, 0.2) is 23.3 Å². The summed E-state index contributed by atoms with van der Waals surface area (Å²) < 4.78 is 1.42. The number of aryl methyl sites for hydroxylation is 1. The molecule has 0 saturated carbocycles. The second-order valence-corrected chi connectivity index (χ2v) is 9.32. The molecule has 0 saturated heterocycles. The van der Waals surface area contributed by atoms with E-state index in [-0.39, 0.29) is 24.6 Å². The van der Waals surface area contributed by atoms with E-state index in [4.69, 9.17) is 0 Å². The van der Waals surface area contributed by atoms with Crippen molar-refractivity contribution in [3.63, 3.8) is 0 Å². The molecule has 0 fully saturated rings. The van der Waals surface area contributed by atoms with Crippen LogP contribution < -0.4 is 10.9 Å². The Hall–Kier alpha value is -2.96. The quantitative estimate of drug-likeness (QED) is 0.469. The van der Waals surface area contributed by atoms with Gasteiger partial charge in [-0.2, -0.15) is 4.80 Å². The Balaban J connectivity index is 1.39. The average molecular weight is 444 g/mol. The topological polar surface area (TPSA) is 128 Å². The molecule has 154 valence electrons. The third kappa shape index (κ3) is 3.32. The molecule has 10 nitrogen and oxygen atoms in total. The molecule has 4 aromatic heterocycles. The molecule has 2 N–H and O–H groups in total. The maximum absolute atomic E-state index is 13.0. The van der Waals surface area contributed by atoms with Crippen LogP contribution in [0, 0.1) is 6.92 Å². The summed E-state index contributed by atoms with van der Waals surface area (Å²) in [7, 11) is 0. The van der Waals surface area contributed by atoms with Crippen LogP contribution in [-0.2, 0) is 19.5 Å². The number of carbonyl (C=O) groups is 1. The lowest BCUT2D eigenvalue weighted by atomic mass is 10.1. The van der Waals surface area contributed by atoms with Crippen molar-refractivity contribution in [1.82, 2.24) is 35.1 Å². The zero-order chi connectivity index (χ0) is 20.8. The number of fused-ring (bicyclic) bond motifs is 3. The number of hydrogen-bond acceptors (Lipinski definition) is 9. The maximum atomic E-state index is 13.0. The number of carbonyl (C=O) groups excluding carboxylic acids is 1. The number of nitrogens with one attached hydrogen (secondary N) is 1. The van der Waals surface area contributed by atoms with E-state index < -0.39 is 6.10 Å². The van der Waals surface area contributed by atoms with Gasteiger partial charge in [0.05, 0.1) is 29.7 Å². The normalized spacial score (nSPS) is 14.7. The molecular formula is C18H17N7O3S2. The van der Waals surface area contributed by atoms with Crippen molar-refractivity contribution < 1.29 is 9.90 Å². The Labute approximate surface area is 177 Å². The summed E-state index contributed by atoms with van der Waals surface area (Å²) in [6.45, 7) is 2.76. The summed E-state index contributed by atoms with van der Waals surface area (Å²) >= 11 is 2.76. The van der Waals surface area contributed by atoms with Gasteiger partial charge in [0.2, 0.25) is 0 Å². The van der Waals surface area contributed by atoms with Crippen LogP contribution in [0.25, 0.3) is 10.2 Å². The summed E-state index contributed by atoms with van der Waals surface area (Å²) in [4.78, 5) is 33.8. The zero-order valence-electron chi connectivity index (χ0n) is 15.9. The highest BCUT2D eigenvalue weighted by molar-refractivity contribution is 7.20. The number of hydrogen-bond donors (Lipinski definition) is 2. The lowest BCUT2D eigenvalue weighted by molar-refractivity contribution is 0.0950. The van der Waals surface area contributed by atoms with Crippen LogP contribution in [0.3, 0.4) is 0 Å². The lowest BCUT2D eigenvalue weighted by Crippen LogP contribution is -2.31. The minimum Gasteiger partial charge on any atom is -0.386 e. The van der Waals surface area contributed by atoms with Gasteiger partial charge in [-0.3, -0.25) is 14.2 Å². The molecule has 1 aliphatic rings. The molecule has 5 rings (SSSR count). The summed E-state index contributed by atoms with van der Waals surface area (Å²) in [6, 6.07) is 3.83. The maximum Gasteiger partial charge on any atom is 0.262 e. The molecule has 1 aliphatic heterocycles. The van der Waals surface area contributed by atoms with E-state index in [1.165, 1.54) is 38.4 Å². The number of amides is 1. The van der Waals surface area contributed by atoms with Crippen molar-refractivity contribution in [1.29, 1.82) is 0 Å². The minimum atomic E-state index is -0.727. The van der Waals surface area contributed by atoms with Crippen molar-refractivity contribution in [2.45, 2.75) is 32.5 Å². The Bertz CT molecular complexity index is 1320. The molecule has 0 unspecified atom stereocenters. The molecule has 0 aliphatic carbocycles. The van der Waals surface area contributed by atoms with Gasteiger partial charge in [0.25, 0.3) is 11.5 Å². The molecule has 12 heteroatoms. The van der Waals surface area contributed by atoms with Gasteiger partial charge in [-0.15, -0.1) is 32.9 Å². The largest absolute Gasteiger partial charge is 0.386 e. The number of thiophene rings is 2. The third-order valence-corrected chi connectivity index (χ3v) is 7.12. The Morgan fingerprint density at radius 1 is 1.30 bits per heavy atom. The molecule has 0 bridgehead atoms. The first-order valence-corrected chi connectivity index (χ1v) is 10.9. The Morgan fingerprint density at radius 3 is 2.97 bits per heavy atom. The first kappa shape index (κ1) is 19.0. The van der Waals surface area contributed by atoms with Crippen molar-refractivity contribution in [3.05, 3.63) is 54.8 Å². The predicted molar refractivity (Wildman–Crippen MR) is 111 cm³/mol. The first-order valence-electron chi connectivity index (χ1n) is 9.29. The fraction of sp³-hybridized carbons (Fsp3) is 0.333. The highest BCUT2D eigenvalue weighted by Gasteiger charge is 2.25. The second kappa shape index (κ2) is 7.38. The van der Waals surface area contributed by atoms with Crippen LogP contribution >= 0.6 is 22.7 Å². The highest BCUT2D eigenvalue weighted by atomic mass is 32.1. The van der Waals surface area contributed by atoms with Crippen molar-refractivity contribution in [2.24, 2.45) is 0 Å². The number of aliphatic hydroxyl groups excluding tert-OH is 1. The number of nitrogens with zero attached hydrogens (tertiary/aromatic N) is 6. The molecule has 1 amide bonds. The number of rotatable bonds is 5. The van der Waals surface area contributed by atoms with Gasteiger partial charge in [-0.25, -0.2) is 4.98 Å². The molecule has 5 heterocycles. The average Bonchev–Trinajstić information content (AvgIpc) is 3.43. The van der Waals surface area contributed by atoms with Crippen molar-refractivity contribution in [3.8, 4) is 0 Å². The van der Waals surface area contributed by atoms with Gasteiger partial charge in [-0.1, -0.05) is 0 Å². The lowest BCUT2D eigenvalue weighted by Gasteiger charge is -2.11. The molecule has 4 aromatic rings. The monoisotopic (exact) mass is 443 g/mol. The molecule has 0 radical (unpaired) electrons. The van der Waals surface area contributed by atoms with Crippen LogP contribution in [-0.4, -0.2) is 47.3 Å². The standard InChI is InChI=1S/C18H17N7O3S2/c1-9-2-3-12(29-9)11(26)6-25-22-13(21-23-25)7-24-8-20-17-14(18(24)28)10-4-5-19-16(27)15(10)30-17/h2-3,8,11,26H,4-7H2,1H3,(H,19,27)/t11-/m0/s1. The summed E-state index contributed by atoms with van der Waals surface area (Å²) in [5.41, 5.74) is 0.536. The van der Waals surface area contributed by atoms with Crippen molar-refractivity contribution >= 4 is 38.8 Å². The van der Waals surface area contributed by atoms with Gasteiger partial charge in [0, 0.05) is 16.3 Å². The van der Waals surface area contributed by atoms with Gasteiger partial charge < -0.3 is 10.4 Å². The number of aliphatic hydroxyl groups is 1. The molecular weight excluding hydrogens is 426 g/mol. The van der Waals surface area contributed by atoms with E-state index in [1.54, 1.807) is 0 Å².